The third-order valence-electron chi connectivity index (χ3n) is 4.02. The van der Waals surface area contributed by atoms with Gasteiger partial charge in [0.2, 0.25) is 0 Å². The minimum atomic E-state index is -0.0754. The van der Waals surface area contributed by atoms with E-state index >= 15 is 0 Å². The van der Waals surface area contributed by atoms with E-state index in [-0.39, 0.29) is 5.91 Å². The van der Waals surface area contributed by atoms with Gasteiger partial charge in [0.15, 0.2) is 0 Å². The van der Waals surface area contributed by atoms with Crippen molar-refractivity contribution in [2.45, 2.75) is 39.2 Å². The summed E-state index contributed by atoms with van der Waals surface area (Å²) >= 11 is 6.07. The van der Waals surface area contributed by atoms with Crippen LogP contribution in [0.4, 0.5) is 0 Å². The molecule has 1 N–H and O–H groups in total. The largest absolute Gasteiger partial charge is 0.350 e. The van der Waals surface area contributed by atoms with Crippen LogP contribution < -0.4 is 5.32 Å². The van der Waals surface area contributed by atoms with Crippen molar-refractivity contribution in [3.63, 3.8) is 0 Å². The van der Waals surface area contributed by atoms with E-state index in [1.54, 1.807) is 12.1 Å². The maximum Gasteiger partial charge on any atom is 0.252 e. The van der Waals surface area contributed by atoms with Gasteiger partial charge in [-0.25, -0.2) is 0 Å². The van der Waals surface area contributed by atoms with Crippen LogP contribution in [0.15, 0.2) is 24.3 Å². The molecule has 21 heavy (non-hydrogen) atoms. The highest BCUT2D eigenvalue weighted by molar-refractivity contribution is 6.33. The van der Waals surface area contributed by atoms with Crippen molar-refractivity contribution in [2.75, 3.05) is 19.6 Å². The number of hydrogen-bond acceptors (Lipinski definition) is 2. The minimum Gasteiger partial charge on any atom is -0.350 e. The van der Waals surface area contributed by atoms with Gasteiger partial charge in [-0.1, -0.05) is 37.6 Å². The molecule has 0 bridgehead atoms. The number of likely N-dealkylation sites (tertiary alicyclic amines) is 1. The second-order valence-electron chi connectivity index (χ2n) is 6.22. The fourth-order valence-corrected chi connectivity index (χ4v) is 3.19. The van der Waals surface area contributed by atoms with E-state index in [0.29, 0.717) is 29.1 Å². The molecule has 1 heterocycles. The number of nitrogens with zero attached hydrogens (tertiary/aromatic N) is 1. The van der Waals surface area contributed by atoms with Gasteiger partial charge < -0.3 is 5.32 Å². The summed E-state index contributed by atoms with van der Waals surface area (Å²) in [6.07, 6.45) is 3.66. The smallest absolute Gasteiger partial charge is 0.252 e. The topological polar surface area (TPSA) is 32.3 Å². The van der Waals surface area contributed by atoms with Crippen LogP contribution in [0.2, 0.25) is 5.02 Å². The monoisotopic (exact) mass is 308 g/mol. The number of carbonyl (C=O) groups excluding carboxylic acids is 1. The Morgan fingerprint density at radius 3 is 2.57 bits per heavy atom. The highest BCUT2D eigenvalue weighted by atomic mass is 35.5. The molecule has 3 nitrogen and oxygen atoms in total. The van der Waals surface area contributed by atoms with Gasteiger partial charge in [0.05, 0.1) is 10.6 Å². The van der Waals surface area contributed by atoms with Crippen molar-refractivity contribution in [1.29, 1.82) is 0 Å². The molecule has 0 spiro atoms. The molecule has 1 aliphatic heterocycles. The molecule has 0 aliphatic carbocycles. The predicted molar refractivity (Wildman–Crippen MR) is 87.8 cm³/mol. The quantitative estimate of drug-likeness (QED) is 0.871. The van der Waals surface area contributed by atoms with Crippen molar-refractivity contribution in [3.8, 4) is 0 Å². The SMILES string of the molecule is CC(C)CC(CNC(=O)c1ccccc1Cl)N1CCCC1. The Balaban J connectivity index is 1.94. The van der Waals surface area contributed by atoms with Gasteiger partial charge in [0, 0.05) is 12.6 Å². The zero-order valence-corrected chi connectivity index (χ0v) is 13.7. The van der Waals surface area contributed by atoms with Crippen LogP contribution in [0, 0.1) is 5.92 Å². The summed E-state index contributed by atoms with van der Waals surface area (Å²) in [4.78, 5) is 14.8. The number of halogens is 1. The standard InChI is InChI=1S/C17H25ClN2O/c1-13(2)11-14(20-9-5-6-10-20)12-19-17(21)15-7-3-4-8-16(15)18/h3-4,7-8,13-14H,5-6,9-12H2,1-2H3,(H,19,21). The van der Waals surface area contributed by atoms with Crippen molar-refractivity contribution >= 4 is 17.5 Å². The lowest BCUT2D eigenvalue weighted by Crippen LogP contribution is -2.43. The second kappa shape index (κ2) is 7.81. The summed E-state index contributed by atoms with van der Waals surface area (Å²) in [5.41, 5.74) is 0.559. The lowest BCUT2D eigenvalue weighted by atomic mass is 10.0. The first-order valence-corrected chi connectivity index (χ1v) is 8.22. The summed E-state index contributed by atoms with van der Waals surface area (Å²) in [5.74, 6) is 0.557. The van der Waals surface area contributed by atoms with E-state index in [9.17, 15) is 4.79 Å². The lowest BCUT2D eigenvalue weighted by Gasteiger charge is -2.29. The Bertz CT molecular complexity index is 470. The Labute approximate surface area is 132 Å². The molecule has 1 aromatic carbocycles. The molecule has 116 valence electrons. The minimum absolute atomic E-state index is 0.0754. The van der Waals surface area contributed by atoms with E-state index in [0.717, 1.165) is 19.5 Å². The van der Waals surface area contributed by atoms with Gasteiger partial charge in [-0.3, -0.25) is 9.69 Å². The number of amides is 1. The van der Waals surface area contributed by atoms with Gasteiger partial charge in [-0.05, 0) is 50.4 Å². The van der Waals surface area contributed by atoms with Crippen LogP contribution in [0.1, 0.15) is 43.5 Å². The van der Waals surface area contributed by atoms with Crippen molar-refractivity contribution < 1.29 is 4.79 Å². The summed E-state index contributed by atoms with van der Waals surface area (Å²) in [7, 11) is 0. The van der Waals surface area contributed by atoms with Crippen LogP contribution in [0.25, 0.3) is 0 Å². The highest BCUT2D eigenvalue weighted by Gasteiger charge is 2.23. The van der Waals surface area contributed by atoms with Crippen LogP contribution >= 0.6 is 11.6 Å². The molecular formula is C17H25ClN2O. The molecule has 0 radical (unpaired) electrons. The summed E-state index contributed by atoms with van der Waals surface area (Å²) in [6.45, 7) is 7.47. The third kappa shape index (κ3) is 4.72. The first kappa shape index (κ1) is 16.3. The Hall–Kier alpha value is -1.06. The van der Waals surface area contributed by atoms with Gasteiger partial charge in [-0.15, -0.1) is 0 Å². The molecule has 2 rings (SSSR count). The lowest BCUT2D eigenvalue weighted by molar-refractivity contribution is 0.0933. The number of hydrogen-bond donors (Lipinski definition) is 1. The van der Waals surface area contributed by atoms with Gasteiger partial charge in [0.1, 0.15) is 0 Å². The highest BCUT2D eigenvalue weighted by Crippen LogP contribution is 2.18. The average Bonchev–Trinajstić information content (AvgIpc) is 2.97. The predicted octanol–water partition coefficient (Wildman–Crippen LogP) is 3.58. The number of benzene rings is 1. The molecule has 0 saturated carbocycles. The normalized spacial score (nSPS) is 17.1. The van der Waals surface area contributed by atoms with E-state index in [1.165, 1.54) is 12.8 Å². The van der Waals surface area contributed by atoms with E-state index in [1.807, 2.05) is 12.1 Å². The summed E-state index contributed by atoms with van der Waals surface area (Å²) in [6, 6.07) is 7.63. The van der Waals surface area contributed by atoms with Crippen LogP contribution in [-0.2, 0) is 0 Å². The number of rotatable bonds is 6. The van der Waals surface area contributed by atoms with Gasteiger partial charge in [-0.2, -0.15) is 0 Å². The summed E-state index contributed by atoms with van der Waals surface area (Å²) in [5, 5.41) is 3.57. The zero-order valence-electron chi connectivity index (χ0n) is 12.9. The molecule has 0 aromatic heterocycles. The zero-order chi connectivity index (χ0) is 15.2. The molecule has 4 heteroatoms. The molecule has 1 saturated heterocycles. The molecule has 1 atom stereocenters. The van der Waals surface area contributed by atoms with Gasteiger partial charge >= 0.3 is 0 Å². The molecule has 1 amide bonds. The molecular weight excluding hydrogens is 284 g/mol. The van der Waals surface area contributed by atoms with Crippen LogP contribution in [0.5, 0.6) is 0 Å². The fraction of sp³-hybridized carbons (Fsp3) is 0.588. The maximum absolute atomic E-state index is 12.3. The van der Waals surface area contributed by atoms with Crippen LogP contribution in [-0.4, -0.2) is 36.5 Å². The number of carbonyl (C=O) groups is 1. The first-order chi connectivity index (χ1) is 10.1. The average molecular weight is 309 g/mol. The van der Waals surface area contributed by atoms with Crippen molar-refractivity contribution in [3.05, 3.63) is 34.9 Å². The van der Waals surface area contributed by atoms with E-state index < -0.39 is 0 Å². The molecule has 1 unspecified atom stereocenters. The Morgan fingerprint density at radius 1 is 1.29 bits per heavy atom. The Morgan fingerprint density at radius 2 is 1.95 bits per heavy atom. The number of nitrogens with one attached hydrogen (secondary N) is 1. The molecule has 1 aliphatic rings. The maximum atomic E-state index is 12.3. The van der Waals surface area contributed by atoms with E-state index in [4.69, 9.17) is 11.6 Å². The van der Waals surface area contributed by atoms with Crippen molar-refractivity contribution in [2.24, 2.45) is 5.92 Å². The molecule has 1 fully saturated rings. The molecule has 1 aromatic rings. The second-order valence-corrected chi connectivity index (χ2v) is 6.62. The summed E-state index contributed by atoms with van der Waals surface area (Å²) < 4.78 is 0. The van der Waals surface area contributed by atoms with E-state index in [2.05, 4.69) is 24.1 Å². The van der Waals surface area contributed by atoms with Crippen molar-refractivity contribution in [1.82, 2.24) is 10.2 Å². The fourth-order valence-electron chi connectivity index (χ4n) is 2.96. The third-order valence-corrected chi connectivity index (χ3v) is 4.35. The first-order valence-electron chi connectivity index (χ1n) is 7.84. The van der Waals surface area contributed by atoms with Gasteiger partial charge in [0.25, 0.3) is 5.91 Å². The van der Waals surface area contributed by atoms with Crippen LogP contribution in [0.3, 0.4) is 0 Å². The Kier molecular flexibility index (Phi) is 6.07.